The summed E-state index contributed by atoms with van der Waals surface area (Å²) in [7, 11) is 4.69. The van der Waals surface area contributed by atoms with Crippen LogP contribution in [0.1, 0.15) is 12.5 Å². The molecule has 0 atom stereocenters. The van der Waals surface area contributed by atoms with Crippen molar-refractivity contribution in [2.45, 2.75) is 18.4 Å². The number of aromatic nitrogens is 2. The van der Waals surface area contributed by atoms with Crippen molar-refractivity contribution in [3.8, 4) is 28.5 Å². The molecule has 0 saturated carbocycles. The minimum absolute atomic E-state index is 0.0928. The van der Waals surface area contributed by atoms with Crippen molar-refractivity contribution >= 4 is 23.4 Å². The van der Waals surface area contributed by atoms with E-state index in [9.17, 15) is 4.79 Å². The first kappa shape index (κ1) is 22.4. The van der Waals surface area contributed by atoms with Crippen molar-refractivity contribution in [3.05, 3.63) is 54.1 Å². The van der Waals surface area contributed by atoms with E-state index in [1.807, 2.05) is 48.5 Å². The molecule has 31 heavy (non-hydrogen) atoms. The number of carbonyl (C=O) groups excluding carboxylic acids is 1. The maximum Gasteiger partial charge on any atom is 0.234 e. The van der Waals surface area contributed by atoms with E-state index in [0.29, 0.717) is 28.0 Å². The molecule has 0 aliphatic rings. The van der Waals surface area contributed by atoms with Crippen LogP contribution in [0.2, 0.25) is 0 Å². The summed E-state index contributed by atoms with van der Waals surface area (Å²) in [5, 5.41) is 12.1. The number of hydrogen-bond donors (Lipinski definition) is 1. The summed E-state index contributed by atoms with van der Waals surface area (Å²) < 4.78 is 16.1. The smallest absolute Gasteiger partial charge is 0.234 e. The molecule has 0 radical (unpaired) electrons. The highest BCUT2D eigenvalue weighted by Gasteiger charge is 2.15. The van der Waals surface area contributed by atoms with Crippen LogP contribution in [0.4, 0.5) is 5.69 Å². The Labute approximate surface area is 186 Å². The maximum atomic E-state index is 12.2. The van der Waals surface area contributed by atoms with E-state index >= 15 is 0 Å². The lowest BCUT2D eigenvalue weighted by atomic mass is 10.1. The zero-order chi connectivity index (χ0) is 22.2. The molecule has 1 heterocycles. The Morgan fingerprint density at radius 2 is 1.61 bits per heavy atom. The lowest BCUT2D eigenvalue weighted by Gasteiger charge is -2.13. The summed E-state index contributed by atoms with van der Waals surface area (Å²) >= 11 is 1.33. The molecule has 2 aromatic carbocycles. The van der Waals surface area contributed by atoms with Crippen molar-refractivity contribution in [2.75, 3.05) is 32.4 Å². The summed E-state index contributed by atoms with van der Waals surface area (Å²) in [5.41, 5.74) is 3.46. The Hall–Kier alpha value is -3.26. The average molecular weight is 440 g/mol. The minimum atomic E-state index is -0.0928. The Morgan fingerprint density at radius 1 is 0.935 bits per heavy atom. The van der Waals surface area contributed by atoms with Gasteiger partial charge in [0.2, 0.25) is 11.7 Å². The summed E-state index contributed by atoms with van der Waals surface area (Å²) in [6.45, 7) is 2.10. The molecule has 0 bridgehead atoms. The topological polar surface area (TPSA) is 82.6 Å². The van der Waals surface area contributed by atoms with Gasteiger partial charge < -0.3 is 19.5 Å². The van der Waals surface area contributed by atoms with Gasteiger partial charge >= 0.3 is 0 Å². The van der Waals surface area contributed by atoms with Crippen LogP contribution in [0.25, 0.3) is 11.3 Å². The second-order valence-corrected chi connectivity index (χ2v) is 7.55. The van der Waals surface area contributed by atoms with Crippen molar-refractivity contribution < 1.29 is 19.0 Å². The van der Waals surface area contributed by atoms with E-state index in [1.165, 1.54) is 17.3 Å². The highest BCUT2D eigenvalue weighted by Crippen LogP contribution is 2.40. The van der Waals surface area contributed by atoms with Gasteiger partial charge in [0.1, 0.15) is 5.03 Å². The maximum absolute atomic E-state index is 12.2. The monoisotopic (exact) mass is 439 g/mol. The van der Waals surface area contributed by atoms with Crippen LogP contribution < -0.4 is 19.5 Å². The van der Waals surface area contributed by atoms with Gasteiger partial charge in [-0.1, -0.05) is 30.8 Å². The van der Waals surface area contributed by atoms with Crippen LogP contribution in [-0.4, -0.2) is 43.2 Å². The van der Waals surface area contributed by atoms with Gasteiger partial charge in [-0.2, -0.15) is 0 Å². The van der Waals surface area contributed by atoms with Gasteiger partial charge in [-0.15, -0.1) is 10.2 Å². The number of thioether (sulfide) groups is 1. The lowest BCUT2D eigenvalue weighted by molar-refractivity contribution is -0.113. The number of nitrogens with one attached hydrogen (secondary N) is 1. The third-order valence-electron chi connectivity index (χ3n) is 4.60. The second-order valence-electron chi connectivity index (χ2n) is 6.56. The molecular weight excluding hydrogens is 414 g/mol. The molecule has 1 N–H and O–H groups in total. The fourth-order valence-corrected chi connectivity index (χ4v) is 3.55. The second kappa shape index (κ2) is 10.7. The summed E-state index contributed by atoms with van der Waals surface area (Å²) in [6, 6.07) is 15.1. The number of rotatable bonds is 9. The van der Waals surface area contributed by atoms with Gasteiger partial charge in [-0.3, -0.25) is 4.79 Å². The molecule has 0 aliphatic carbocycles. The fourth-order valence-electron chi connectivity index (χ4n) is 2.94. The number of benzene rings is 2. The van der Waals surface area contributed by atoms with Crippen LogP contribution in [0.5, 0.6) is 17.2 Å². The van der Waals surface area contributed by atoms with Crippen LogP contribution in [-0.2, 0) is 11.2 Å². The van der Waals surface area contributed by atoms with E-state index in [1.54, 1.807) is 21.3 Å². The number of methoxy groups -OCH3 is 3. The Bertz CT molecular complexity index is 999. The highest BCUT2D eigenvalue weighted by atomic mass is 32.2. The molecule has 3 aromatic rings. The molecule has 7 nitrogen and oxygen atoms in total. The molecule has 0 spiro atoms. The molecule has 1 aromatic heterocycles. The summed E-state index contributed by atoms with van der Waals surface area (Å²) in [5.74, 6) is 1.75. The number of nitrogens with zero attached hydrogens (tertiary/aromatic N) is 2. The van der Waals surface area contributed by atoms with Crippen LogP contribution >= 0.6 is 11.8 Å². The molecule has 0 unspecified atom stereocenters. The number of amides is 1. The quantitative estimate of drug-likeness (QED) is 0.493. The third kappa shape index (κ3) is 5.67. The molecule has 1 amide bonds. The number of hydrogen-bond acceptors (Lipinski definition) is 7. The van der Waals surface area contributed by atoms with Crippen molar-refractivity contribution in [1.29, 1.82) is 0 Å². The Morgan fingerprint density at radius 3 is 2.13 bits per heavy atom. The first-order valence-corrected chi connectivity index (χ1v) is 10.7. The first-order valence-electron chi connectivity index (χ1n) is 9.73. The number of carbonyl (C=O) groups is 1. The fraction of sp³-hybridized carbons (Fsp3) is 0.261. The van der Waals surface area contributed by atoms with Gasteiger partial charge in [-0.05, 0) is 48.4 Å². The van der Waals surface area contributed by atoms with E-state index in [-0.39, 0.29) is 11.7 Å². The zero-order valence-electron chi connectivity index (χ0n) is 18.0. The molecule has 8 heteroatoms. The van der Waals surface area contributed by atoms with Gasteiger partial charge in [0.05, 0.1) is 32.8 Å². The van der Waals surface area contributed by atoms with Crippen molar-refractivity contribution in [3.63, 3.8) is 0 Å². The summed E-state index contributed by atoms with van der Waals surface area (Å²) in [6.07, 6.45) is 0.967. The van der Waals surface area contributed by atoms with Crippen LogP contribution in [0.3, 0.4) is 0 Å². The molecule has 3 rings (SSSR count). The first-order chi connectivity index (χ1) is 15.1. The highest BCUT2D eigenvalue weighted by molar-refractivity contribution is 7.99. The molecular formula is C23H25N3O4S. The predicted octanol–water partition coefficient (Wildman–Crippen LogP) is 4.46. The van der Waals surface area contributed by atoms with Crippen LogP contribution in [0, 0.1) is 0 Å². The zero-order valence-corrected chi connectivity index (χ0v) is 18.8. The third-order valence-corrected chi connectivity index (χ3v) is 5.52. The van der Waals surface area contributed by atoms with Gasteiger partial charge in [0, 0.05) is 11.3 Å². The molecule has 0 aliphatic heterocycles. The normalized spacial score (nSPS) is 10.5. The minimum Gasteiger partial charge on any atom is -0.493 e. The SMILES string of the molecule is CCc1ccc(NC(=O)CSc2ccc(-c3cc(OC)c(OC)c(OC)c3)nn2)cc1. The molecule has 0 saturated heterocycles. The van der Waals surface area contributed by atoms with E-state index in [2.05, 4.69) is 22.4 Å². The Balaban J connectivity index is 1.64. The molecule has 162 valence electrons. The van der Waals surface area contributed by atoms with Crippen molar-refractivity contribution in [2.24, 2.45) is 0 Å². The van der Waals surface area contributed by atoms with Crippen LogP contribution in [0.15, 0.2) is 53.6 Å². The van der Waals surface area contributed by atoms with Gasteiger partial charge in [-0.25, -0.2) is 0 Å². The van der Waals surface area contributed by atoms with Crippen molar-refractivity contribution in [1.82, 2.24) is 10.2 Å². The largest absolute Gasteiger partial charge is 0.493 e. The summed E-state index contributed by atoms with van der Waals surface area (Å²) in [4.78, 5) is 12.2. The number of ether oxygens (including phenoxy) is 3. The van der Waals surface area contributed by atoms with Gasteiger partial charge in [0.15, 0.2) is 11.5 Å². The van der Waals surface area contributed by atoms with Gasteiger partial charge in [0.25, 0.3) is 0 Å². The number of anilines is 1. The van der Waals surface area contributed by atoms with E-state index in [0.717, 1.165) is 17.7 Å². The average Bonchev–Trinajstić information content (AvgIpc) is 2.82. The van der Waals surface area contributed by atoms with E-state index in [4.69, 9.17) is 14.2 Å². The predicted molar refractivity (Wildman–Crippen MR) is 122 cm³/mol. The Kier molecular flexibility index (Phi) is 7.72. The molecule has 0 fully saturated rings. The number of aryl methyl sites for hydroxylation is 1. The standard InChI is InChI=1S/C23H25N3O4S/c1-5-15-6-8-17(9-7-15)24-21(27)14-31-22-11-10-18(25-26-22)16-12-19(28-2)23(30-4)20(13-16)29-3/h6-13H,5,14H2,1-4H3,(H,24,27). The van der Waals surface area contributed by atoms with E-state index < -0.39 is 0 Å². The lowest BCUT2D eigenvalue weighted by Crippen LogP contribution is -2.14.